The minimum Gasteiger partial charge on any atom is -0.356 e. The topological polar surface area (TPSA) is 36.4 Å². The predicted octanol–water partition coefficient (Wildman–Crippen LogP) is 4.24. The molecule has 6 heteroatoms. The molecule has 0 unspecified atom stereocenters. The highest BCUT2D eigenvalue weighted by Gasteiger charge is 2.00. The average Bonchev–Trinajstić information content (AvgIpc) is 2.90. The normalized spacial score (nSPS) is 11.0. The van der Waals surface area contributed by atoms with E-state index in [-0.39, 0.29) is 24.0 Å². The minimum atomic E-state index is 0. The Morgan fingerprint density at radius 1 is 1.14 bits per heavy atom. The summed E-state index contributed by atoms with van der Waals surface area (Å²) in [6.07, 6.45) is 0.940. The maximum absolute atomic E-state index is 5.88. The first-order chi connectivity index (χ1) is 10.2. The molecule has 0 radical (unpaired) electrons. The molecule has 22 heavy (non-hydrogen) atoms. The highest BCUT2D eigenvalue weighted by molar-refractivity contribution is 14.0. The number of guanidine groups is 1. The summed E-state index contributed by atoms with van der Waals surface area (Å²) in [6.45, 7) is 3.76. The van der Waals surface area contributed by atoms with Gasteiger partial charge in [0.2, 0.25) is 0 Å². The number of hydrogen-bond acceptors (Lipinski definition) is 2. The Kier molecular flexibility index (Phi) is 8.82. The second-order valence-electron chi connectivity index (χ2n) is 4.74. The fraction of sp³-hybridized carbons (Fsp3) is 0.312. The Morgan fingerprint density at radius 2 is 1.86 bits per heavy atom. The van der Waals surface area contributed by atoms with Crippen LogP contribution in [0.3, 0.4) is 0 Å². The highest BCUT2D eigenvalue weighted by atomic mass is 127. The quantitative estimate of drug-likeness (QED) is 0.407. The van der Waals surface area contributed by atoms with Gasteiger partial charge in [-0.3, -0.25) is 4.99 Å². The standard InChI is InChI=1S/C16H20ClN3S.HI/c1-12-3-8-15(21-12)11-20-16(18-2)19-10-9-13-4-6-14(17)7-5-13;/h3-8H,9-11H2,1-2H3,(H2,18,19,20);1H. The Labute approximate surface area is 158 Å². The van der Waals surface area contributed by atoms with Crippen molar-refractivity contribution in [2.24, 2.45) is 4.99 Å². The van der Waals surface area contributed by atoms with Crippen LogP contribution < -0.4 is 10.6 Å². The molecule has 2 N–H and O–H groups in total. The lowest BCUT2D eigenvalue weighted by Crippen LogP contribution is -2.37. The van der Waals surface area contributed by atoms with Gasteiger partial charge in [0.25, 0.3) is 0 Å². The SMILES string of the molecule is CN=C(NCCc1ccc(Cl)cc1)NCc1ccc(C)s1.I. The van der Waals surface area contributed by atoms with Crippen molar-refractivity contribution in [2.75, 3.05) is 13.6 Å². The molecule has 0 aliphatic rings. The molecule has 3 nitrogen and oxygen atoms in total. The Morgan fingerprint density at radius 3 is 2.45 bits per heavy atom. The number of benzene rings is 1. The summed E-state index contributed by atoms with van der Waals surface area (Å²) in [4.78, 5) is 6.88. The number of rotatable bonds is 5. The van der Waals surface area contributed by atoms with Crippen LogP contribution in [0, 0.1) is 6.92 Å². The van der Waals surface area contributed by atoms with Crippen LogP contribution >= 0.6 is 46.9 Å². The maximum Gasteiger partial charge on any atom is 0.191 e. The highest BCUT2D eigenvalue weighted by Crippen LogP contribution is 2.14. The van der Waals surface area contributed by atoms with Gasteiger partial charge in [0.05, 0.1) is 6.54 Å². The average molecular weight is 450 g/mol. The lowest BCUT2D eigenvalue weighted by molar-refractivity contribution is 0.799. The van der Waals surface area contributed by atoms with E-state index in [2.05, 4.69) is 46.8 Å². The number of nitrogens with zero attached hydrogens (tertiary/aromatic N) is 1. The molecule has 2 rings (SSSR count). The van der Waals surface area contributed by atoms with Gasteiger partial charge in [-0.05, 0) is 43.2 Å². The second kappa shape index (κ2) is 10.1. The zero-order chi connectivity index (χ0) is 15.1. The minimum absolute atomic E-state index is 0. The van der Waals surface area contributed by atoms with Crippen LogP contribution in [0.2, 0.25) is 5.02 Å². The van der Waals surface area contributed by atoms with Gasteiger partial charge < -0.3 is 10.6 Å². The molecule has 1 aromatic heterocycles. The lowest BCUT2D eigenvalue weighted by Gasteiger charge is -2.11. The molecule has 0 bridgehead atoms. The Balaban J connectivity index is 0.00000242. The zero-order valence-corrected chi connectivity index (χ0v) is 16.6. The molecule has 0 spiro atoms. The third kappa shape index (κ3) is 6.54. The van der Waals surface area contributed by atoms with E-state index < -0.39 is 0 Å². The monoisotopic (exact) mass is 449 g/mol. The molecule has 0 saturated heterocycles. The molecule has 0 aliphatic heterocycles. The summed E-state index contributed by atoms with van der Waals surface area (Å²) in [6, 6.07) is 12.2. The summed E-state index contributed by atoms with van der Waals surface area (Å²) in [5.74, 6) is 0.829. The molecule has 2 aromatic rings. The smallest absolute Gasteiger partial charge is 0.191 e. The summed E-state index contributed by atoms with van der Waals surface area (Å²) < 4.78 is 0. The van der Waals surface area contributed by atoms with Crippen LogP contribution in [0.5, 0.6) is 0 Å². The molecule has 1 heterocycles. The van der Waals surface area contributed by atoms with E-state index in [1.807, 2.05) is 12.1 Å². The van der Waals surface area contributed by atoms with Gasteiger partial charge in [-0.25, -0.2) is 0 Å². The maximum atomic E-state index is 5.88. The van der Waals surface area contributed by atoms with Crippen LogP contribution in [-0.4, -0.2) is 19.6 Å². The second-order valence-corrected chi connectivity index (χ2v) is 6.55. The van der Waals surface area contributed by atoms with Crippen molar-refractivity contribution in [3.8, 4) is 0 Å². The van der Waals surface area contributed by atoms with E-state index in [1.165, 1.54) is 15.3 Å². The largest absolute Gasteiger partial charge is 0.356 e. The van der Waals surface area contributed by atoms with Gasteiger partial charge in [-0.2, -0.15) is 0 Å². The number of halogens is 2. The Bertz CT molecular complexity index is 596. The first kappa shape index (κ1) is 19.3. The number of thiophene rings is 1. The van der Waals surface area contributed by atoms with Crippen molar-refractivity contribution in [3.63, 3.8) is 0 Å². The van der Waals surface area contributed by atoms with Gasteiger partial charge in [-0.15, -0.1) is 35.3 Å². The fourth-order valence-electron chi connectivity index (χ4n) is 1.95. The van der Waals surface area contributed by atoms with E-state index in [0.29, 0.717) is 0 Å². The van der Waals surface area contributed by atoms with Crippen molar-refractivity contribution in [1.82, 2.24) is 10.6 Å². The van der Waals surface area contributed by atoms with Crippen molar-refractivity contribution in [3.05, 3.63) is 56.7 Å². The van der Waals surface area contributed by atoms with Crippen molar-refractivity contribution in [1.29, 1.82) is 0 Å². The molecule has 0 fully saturated rings. The van der Waals surface area contributed by atoms with Crippen LogP contribution in [0.1, 0.15) is 15.3 Å². The van der Waals surface area contributed by atoms with Gasteiger partial charge >= 0.3 is 0 Å². The van der Waals surface area contributed by atoms with Crippen molar-refractivity contribution < 1.29 is 0 Å². The van der Waals surface area contributed by atoms with E-state index in [1.54, 1.807) is 18.4 Å². The predicted molar refractivity (Wildman–Crippen MR) is 108 cm³/mol. The van der Waals surface area contributed by atoms with Crippen LogP contribution in [0.15, 0.2) is 41.4 Å². The summed E-state index contributed by atoms with van der Waals surface area (Å²) in [5, 5.41) is 7.42. The number of aryl methyl sites for hydroxylation is 1. The Hall–Kier alpha value is -0.790. The van der Waals surface area contributed by atoms with Crippen LogP contribution in [0.25, 0.3) is 0 Å². The first-order valence-electron chi connectivity index (χ1n) is 6.91. The number of nitrogens with one attached hydrogen (secondary N) is 2. The van der Waals surface area contributed by atoms with Crippen LogP contribution in [-0.2, 0) is 13.0 Å². The molecule has 0 aliphatic carbocycles. The summed E-state index contributed by atoms with van der Waals surface area (Å²) in [7, 11) is 1.79. The van der Waals surface area contributed by atoms with E-state index >= 15 is 0 Å². The molecular formula is C16H21ClIN3S. The van der Waals surface area contributed by atoms with E-state index in [0.717, 1.165) is 30.5 Å². The molecular weight excluding hydrogens is 429 g/mol. The van der Waals surface area contributed by atoms with Crippen molar-refractivity contribution in [2.45, 2.75) is 19.9 Å². The molecule has 0 atom stereocenters. The van der Waals surface area contributed by atoms with Gasteiger partial charge in [-0.1, -0.05) is 23.7 Å². The molecule has 0 amide bonds. The van der Waals surface area contributed by atoms with Crippen LogP contribution in [0.4, 0.5) is 0 Å². The third-order valence-electron chi connectivity index (χ3n) is 3.07. The van der Waals surface area contributed by atoms with E-state index in [4.69, 9.17) is 11.6 Å². The van der Waals surface area contributed by atoms with Gasteiger partial charge in [0.1, 0.15) is 0 Å². The number of aliphatic imine (C=N–C) groups is 1. The molecule has 120 valence electrons. The fourth-order valence-corrected chi connectivity index (χ4v) is 2.90. The van der Waals surface area contributed by atoms with Crippen molar-refractivity contribution >= 4 is 52.9 Å². The summed E-state index contributed by atoms with van der Waals surface area (Å²) in [5.41, 5.74) is 1.26. The van der Waals surface area contributed by atoms with E-state index in [9.17, 15) is 0 Å². The third-order valence-corrected chi connectivity index (χ3v) is 4.32. The van der Waals surface area contributed by atoms with Gasteiger partial charge in [0.15, 0.2) is 5.96 Å². The number of hydrogen-bond donors (Lipinski definition) is 2. The molecule has 0 saturated carbocycles. The van der Waals surface area contributed by atoms with Gasteiger partial charge in [0, 0.05) is 28.4 Å². The lowest BCUT2D eigenvalue weighted by atomic mass is 10.1. The zero-order valence-electron chi connectivity index (χ0n) is 12.7. The molecule has 1 aromatic carbocycles. The first-order valence-corrected chi connectivity index (χ1v) is 8.11. The summed E-state index contributed by atoms with van der Waals surface area (Å²) >= 11 is 7.68.